The fraction of sp³-hybridized carbons (Fsp3) is 0.588. The number of ether oxygens (including phenoxy) is 1. The topological polar surface area (TPSA) is 56.9 Å². The molecule has 2 saturated carbocycles. The zero-order valence-corrected chi connectivity index (χ0v) is 39.0. The lowest BCUT2D eigenvalue weighted by molar-refractivity contribution is -0.433. The molecule has 0 saturated heterocycles. The number of nitrogens with one attached hydrogen (secondary N) is 1. The van der Waals surface area contributed by atoms with Crippen molar-refractivity contribution in [3.8, 4) is 0 Å². The number of aliphatic imine (C=N–C) groups is 1. The molecule has 0 amide bonds. The number of carbonyl (C=O) groups is 1. The first-order valence-electron chi connectivity index (χ1n) is 23.0. The minimum atomic E-state index is -0.153. The highest BCUT2D eigenvalue weighted by atomic mass is 79.9. The quantitative estimate of drug-likeness (QED) is 0.0717. The number of carbonyl (C=O) groups excluding carboxylic acids is 1. The van der Waals surface area contributed by atoms with E-state index in [0.29, 0.717) is 24.5 Å². The van der Waals surface area contributed by atoms with Crippen molar-refractivity contribution in [2.75, 3.05) is 18.0 Å². The summed E-state index contributed by atoms with van der Waals surface area (Å²) in [4.78, 5) is 20.8. The van der Waals surface area contributed by atoms with Gasteiger partial charge in [0, 0.05) is 58.9 Å². The van der Waals surface area contributed by atoms with Crippen molar-refractivity contribution in [3.63, 3.8) is 0 Å². The number of para-hydroxylation sites is 2. The van der Waals surface area contributed by atoms with E-state index in [4.69, 9.17) is 21.3 Å². The van der Waals surface area contributed by atoms with Crippen LogP contribution >= 0.6 is 11.6 Å². The average molecular weight is 887 g/mol. The van der Waals surface area contributed by atoms with Crippen LogP contribution in [0.1, 0.15) is 161 Å². The van der Waals surface area contributed by atoms with Gasteiger partial charge in [-0.3, -0.25) is 4.79 Å². The summed E-state index contributed by atoms with van der Waals surface area (Å²) in [6, 6.07) is 19.2. The SMILES string of the molecule is CC[N+]1=C(/C=C/C2=C(Cl)C(=C/CC3N(CCCCCC(=O)OC(=NC4CCCCC4)NC4CCCCC4)c4ccccc4C3(C)C)/CCC2)C(C)(C)c2ccccc21.[Br-]. The molecule has 1 N–H and O–H groups in total. The number of hydrogen-bond donors (Lipinski definition) is 1. The third-order valence-corrected chi connectivity index (χ3v) is 14.5. The number of esters is 1. The molecule has 0 aromatic heterocycles. The van der Waals surface area contributed by atoms with E-state index in [2.05, 4.69) is 116 Å². The van der Waals surface area contributed by atoms with Crippen molar-refractivity contribution in [1.82, 2.24) is 5.32 Å². The third kappa shape index (κ3) is 10.5. The van der Waals surface area contributed by atoms with E-state index in [1.807, 2.05) is 0 Å². The molecule has 7 rings (SSSR count). The van der Waals surface area contributed by atoms with E-state index in [9.17, 15) is 4.79 Å². The summed E-state index contributed by atoms with van der Waals surface area (Å²) in [6.07, 6.45) is 26.3. The van der Waals surface area contributed by atoms with Gasteiger partial charge in [0.1, 0.15) is 6.54 Å². The van der Waals surface area contributed by atoms with Gasteiger partial charge in [0.05, 0.1) is 11.5 Å². The molecule has 6 nitrogen and oxygen atoms in total. The van der Waals surface area contributed by atoms with Crippen molar-refractivity contribution < 1.29 is 31.1 Å². The number of hydrogen-bond acceptors (Lipinski definition) is 4. The van der Waals surface area contributed by atoms with Crippen LogP contribution in [0.3, 0.4) is 0 Å². The van der Waals surface area contributed by atoms with Gasteiger partial charge in [0.25, 0.3) is 6.02 Å². The second-order valence-corrected chi connectivity index (χ2v) is 19.1. The Labute approximate surface area is 371 Å². The standard InChI is InChI=1S/C51H70ClN4O2.BrH/c1-6-55-43-29-17-15-27-41(43)50(2,3)45(55)34-32-37-21-20-22-38(48(37)52)33-35-46-51(4,5)42-28-16-18-30-44(42)56(46)36-19-9-14-31-47(57)58-49(53-39-23-10-7-11-24-39)54-40-25-12-8-13-26-40;/h15-18,27-30,32-34,39-40,46H,6-14,19-26,31,35-36H2,1-5H3,(H,53,54);1H/q+1;/p-1/b34-32+,38-33+;. The molecule has 2 aliphatic heterocycles. The van der Waals surface area contributed by atoms with Gasteiger partial charge in [0.2, 0.25) is 5.69 Å². The van der Waals surface area contributed by atoms with Gasteiger partial charge in [-0.1, -0.05) is 119 Å². The lowest BCUT2D eigenvalue weighted by atomic mass is 9.78. The molecule has 59 heavy (non-hydrogen) atoms. The van der Waals surface area contributed by atoms with Gasteiger partial charge in [-0.15, -0.1) is 0 Å². The minimum Gasteiger partial charge on any atom is -1.00 e. The summed E-state index contributed by atoms with van der Waals surface area (Å²) in [7, 11) is 0. The predicted molar refractivity (Wildman–Crippen MR) is 243 cm³/mol. The maximum atomic E-state index is 13.2. The lowest BCUT2D eigenvalue weighted by Gasteiger charge is -2.34. The Kier molecular flexibility index (Phi) is 15.8. The molecule has 1 unspecified atom stereocenters. The molecule has 2 aromatic rings. The number of fused-ring (bicyclic) bond motifs is 2. The fourth-order valence-corrected chi connectivity index (χ4v) is 11.0. The molecule has 2 fully saturated rings. The maximum absolute atomic E-state index is 13.2. The average Bonchev–Trinajstić information content (AvgIpc) is 3.58. The Morgan fingerprint density at radius 2 is 1.58 bits per heavy atom. The second-order valence-electron chi connectivity index (χ2n) is 18.7. The molecule has 2 aromatic carbocycles. The molecule has 1 atom stereocenters. The molecule has 8 heteroatoms. The van der Waals surface area contributed by atoms with Crippen molar-refractivity contribution in [3.05, 3.63) is 94.1 Å². The summed E-state index contributed by atoms with van der Waals surface area (Å²) in [5, 5.41) is 4.48. The smallest absolute Gasteiger partial charge is 0.313 e. The molecule has 320 valence electrons. The van der Waals surface area contributed by atoms with Crippen molar-refractivity contribution in [1.29, 1.82) is 0 Å². The number of halogens is 2. The number of anilines is 1. The highest BCUT2D eigenvalue weighted by molar-refractivity contribution is 6.32. The molecule has 0 spiro atoms. The maximum Gasteiger partial charge on any atom is 0.313 e. The van der Waals surface area contributed by atoms with Crippen LogP contribution in [0.25, 0.3) is 0 Å². The van der Waals surface area contributed by atoms with Crippen LogP contribution < -0.4 is 27.2 Å². The van der Waals surface area contributed by atoms with Gasteiger partial charge in [-0.2, -0.15) is 4.58 Å². The largest absolute Gasteiger partial charge is 1.00 e. The molecule has 2 heterocycles. The van der Waals surface area contributed by atoms with E-state index in [1.54, 1.807) is 0 Å². The van der Waals surface area contributed by atoms with Crippen LogP contribution in [0.2, 0.25) is 0 Å². The fourth-order valence-electron chi connectivity index (χ4n) is 10.6. The summed E-state index contributed by atoms with van der Waals surface area (Å²) < 4.78 is 8.43. The summed E-state index contributed by atoms with van der Waals surface area (Å²) in [6.45, 7) is 13.6. The number of benzene rings is 2. The molecular weight excluding hydrogens is 816 g/mol. The zero-order chi connectivity index (χ0) is 40.7. The first-order chi connectivity index (χ1) is 28.1. The van der Waals surface area contributed by atoms with Crippen LogP contribution in [-0.4, -0.2) is 53.5 Å². The molecule has 0 bridgehead atoms. The molecule has 3 aliphatic carbocycles. The molecular formula is C51H70BrClN4O2. The van der Waals surface area contributed by atoms with Crippen LogP contribution in [0.5, 0.6) is 0 Å². The normalized spacial score (nSPS) is 22.8. The van der Waals surface area contributed by atoms with Gasteiger partial charge in [-0.25, -0.2) is 4.99 Å². The number of nitrogens with zero attached hydrogens (tertiary/aromatic N) is 3. The lowest BCUT2D eigenvalue weighted by Crippen LogP contribution is -3.00. The summed E-state index contributed by atoms with van der Waals surface area (Å²) in [5.74, 6) is -0.153. The monoisotopic (exact) mass is 884 g/mol. The van der Waals surface area contributed by atoms with Crippen LogP contribution in [0.4, 0.5) is 11.4 Å². The second kappa shape index (κ2) is 20.6. The third-order valence-electron chi connectivity index (χ3n) is 14.0. The van der Waals surface area contributed by atoms with Gasteiger partial charge >= 0.3 is 5.97 Å². The zero-order valence-electron chi connectivity index (χ0n) is 36.6. The minimum absolute atomic E-state index is 0. The first-order valence-corrected chi connectivity index (χ1v) is 23.4. The van der Waals surface area contributed by atoms with E-state index >= 15 is 0 Å². The van der Waals surface area contributed by atoms with Gasteiger partial charge in [-0.05, 0) is 108 Å². The van der Waals surface area contributed by atoms with Crippen molar-refractivity contribution in [2.24, 2.45) is 4.99 Å². The highest BCUT2D eigenvalue weighted by Gasteiger charge is 2.44. The van der Waals surface area contributed by atoms with Crippen LogP contribution in [0.15, 0.2) is 87.9 Å². The Morgan fingerprint density at radius 1 is 0.881 bits per heavy atom. The van der Waals surface area contributed by atoms with Crippen molar-refractivity contribution >= 4 is 40.7 Å². The van der Waals surface area contributed by atoms with E-state index in [-0.39, 0.29) is 39.8 Å². The van der Waals surface area contributed by atoms with Crippen LogP contribution in [0, 0.1) is 0 Å². The summed E-state index contributed by atoms with van der Waals surface area (Å²) in [5.41, 5.74) is 9.27. The number of amidine groups is 1. The number of allylic oxidation sites excluding steroid dienone is 5. The Bertz CT molecular complexity index is 1930. The Balaban J connectivity index is 0.00000585. The Hall–Kier alpha value is -3.16. The molecule has 0 radical (unpaired) electrons. The van der Waals surface area contributed by atoms with E-state index in [1.165, 1.54) is 77.9 Å². The molecule has 5 aliphatic rings. The predicted octanol–water partition coefficient (Wildman–Crippen LogP) is 9.52. The summed E-state index contributed by atoms with van der Waals surface area (Å²) >= 11 is 7.29. The highest BCUT2D eigenvalue weighted by Crippen LogP contribution is 2.47. The first kappa shape index (κ1) is 45.4. The number of rotatable bonds is 13. The van der Waals surface area contributed by atoms with E-state index < -0.39 is 0 Å². The van der Waals surface area contributed by atoms with E-state index in [0.717, 1.165) is 88.8 Å². The van der Waals surface area contributed by atoms with Crippen LogP contribution in [-0.2, 0) is 20.4 Å². The number of unbranched alkanes of at least 4 members (excludes halogenated alkanes) is 2. The van der Waals surface area contributed by atoms with Crippen molar-refractivity contribution in [2.45, 2.75) is 179 Å². The Morgan fingerprint density at radius 3 is 2.32 bits per heavy atom. The van der Waals surface area contributed by atoms with Gasteiger partial charge in [0.15, 0.2) is 5.71 Å². The van der Waals surface area contributed by atoms with Gasteiger partial charge < -0.3 is 31.9 Å².